The van der Waals surface area contributed by atoms with E-state index >= 15 is 0 Å². The smallest absolute Gasteiger partial charge is 0.209 e. The number of imidazole rings is 1. The highest BCUT2D eigenvalue weighted by Crippen LogP contribution is 2.29. The maximum atomic E-state index is 4.84. The third-order valence-electron chi connectivity index (χ3n) is 3.83. The Hall–Kier alpha value is -2.67. The van der Waals surface area contributed by atoms with Gasteiger partial charge in [-0.1, -0.05) is 48.2 Å². The van der Waals surface area contributed by atoms with Crippen molar-refractivity contribution in [1.29, 1.82) is 0 Å². The predicted octanol–water partition coefficient (Wildman–Crippen LogP) is 3.13. The zero-order valence-electron chi connectivity index (χ0n) is 13.4. The Balaban J connectivity index is 1.81. The first kappa shape index (κ1) is 14.9. The summed E-state index contributed by atoms with van der Waals surface area (Å²) in [5.41, 5.74) is 5.42. The van der Waals surface area contributed by atoms with Crippen molar-refractivity contribution in [2.24, 2.45) is 7.05 Å². The Labute approximate surface area is 143 Å². The lowest BCUT2D eigenvalue weighted by atomic mass is 10.1. The second-order valence-electron chi connectivity index (χ2n) is 5.58. The predicted molar refractivity (Wildman–Crippen MR) is 93.7 cm³/mol. The van der Waals surface area contributed by atoms with Crippen LogP contribution in [0.3, 0.4) is 0 Å². The van der Waals surface area contributed by atoms with Crippen LogP contribution < -0.4 is 0 Å². The molecule has 0 aliphatic heterocycles. The topological polar surface area (TPSA) is 60.9 Å². The summed E-state index contributed by atoms with van der Waals surface area (Å²) in [6.45, 7) is 2.09. The fourth-order valence-electron chi connectivity index (χ4n) is 2.64. The van der Waals surface area contributed by atoms with Crippen LogP contribution in [0.5, 0.6) is 0 Å². The maximum absolute atomic E-state index is 4.84. The van der Waals surface area contributed by atoms with Gasteiger partial charge in [-0.25, -0.2) is 9.67 Å². The molecule has 0 atom stereocenters. The van der Waals surface area contributed by atoms with Crippen molar-refractivity contribution < 1.29 is 0 Å². The van der Waals surface area contributed by atoms with Crippen LogP contribution in [0.2, 0.25) is 0 Å². The molecule has 1 aromatic carbocycles. The summed E-state index contributed by atoms with van der Waals surface area (Å²) >= 11 is 1.61. The minimum absolute atomic E-state index is 0.739. The van der Waals surface area contributed by atoms with E-state index in [1.807, 2.05) is 25.2 Å². The number of hydrogen-bond donors (Lipinski definition) is 0. The lowest BCUT2D eigenvalue weighted by Gasteiger charge is -2.05. The Bertz CT molecular complexity index is 989. The van der Waals surface area contributed by atoms with Gasteiger partial charge in [0.05, 0.1) is 11.4 Å². The van der Waals surface area contributed by atoms with Crippen LogP contribution in [0, 0.1) is 6.92 Å². The molecule has 0 unspecified atom stereocenters. The summed E-state index contributed by atoms with van der Waals surface area (Å²) in [5.74, 6) is 0.739. The molecular weight excluding hydrogens is 320 g/mol. The number of pyridine rings is 1. The standard InChI is InChI=1S/C17H16N6S/c1-12-8-9-15-18-16(13-6-4-3-5-7-13)14(23(15)10-12)11-24-17-19-20-21-22(17)2/h3-10H,11H2,1-2H3. The van der Waals surface area contributed by atoms with Crippen molar-refractivity contribution in [3.8, 4) is 11.3 Å². The fourth-order valence-corrected chi connectivity index (χ4v) is 3.50. The van der Waals surface area contributed by atoms with E-state index in [1.54, 1.807) is 16.4 Å². The average molecular weight is 336 g/mol. The van der Waals surface area contributed by atoms with E-state index in [0.717, 1.165) is 33.5 Å². The highest BCUT2D eigenvalue weighted by molar-refractivity contribution is 7.98. The van der Waals surface area contributed by atoms with Crippen LogP contribution in [-0.2, 0) is 12.8 Å². The molecule has 4 aromatic rings. The molecule has 0 amide bonds. The van der Waals surface area contributed by atoms with E-state index in [-0.39, 0.29) is 0 Å². The summed E-state index contributed by atoms with van der Waals surface area (Å²) in [6.07, 6.45) is 2.12. The lowest BCUT2D eigenvalue weighted by molar-refractivity contribution is 0.664. The minimum Gasteiger partial charge on any atom is -0.302 e. The summed E-state index contributed by atoms with van der Waals surface area (Å²) < 4.78 is 3.84. The van der Waals surface area contributed by atoms with Gasteiger partial charge in [-0.3, -0.25) is 0 Å². The molecular formula is C17H16N6S. The van der Waals surface area contributed by atoms with E-state index in [2.05, 4.69) is 57.3 Å². The van der Waals surface area contributed by atoms with Crippen molar-refractivity contribution in [1.82, 2.24) is 29.6 Å². The summed E-state index contributed by atoms with van der Waals surface area (Å²) in [7, 11) is 1.85. The third-order valence-corrected chi connectivity index (χ3v) is 4.85. The number of aryl methyl sites for hydroxylation is 2. The van der Waals surface area contributed by atoms with Gasteiger partial charge in [0.1, 0.15) is 5.65 Å². The van der Waals surface area contributed by atoms with E-state index in [0.29, 0.717) is 0 Å². The first-order valence-corrected chi connectivity index (χ1v) is 8.59. The molecule has 6 nitrogen and oxygen atoms in total. The highest BCUT2D eigenvalue weighted by atomic mass is 32.2. The average Bonchev–Trinajstić information content (AvgIpc) is 3.17. The van der Waals surface area contributed by atoms with E-state index < -0.39 is 0 Å². The second kappa shape index (κ2) is 6.09. The van der Waals surface area contributed by atoms with Gasteiger partial charge in [-0.2, -0.15) is 0 Å². The van der Waals surface area contributed by atoms with Crippen LogP contribution in [0.4, 0.5) is 0 Å². The quantitative estimate of drug-likeness (QED) is 0.536. The van der Waals surface area contributed by atoms with Gasteiger partial charge in [-0.15, -0.1) is 5.10 Å². The largest absolute Gasteiger partial charge is 0.302 e. The number of tetrazole rings is 1. The Morgan fingerprint density at radius 3 is 2.67 bits per heavy atom. The molecule has 0 radical (unpaired) electrons. The molecule has 0 N–H and O–H groups in total. The third kappa shape index (κ3) is 2.67. The maximum Gasteiger partial charge on any atom is 0.209 e. The van der Waals surface area contributed by atoms with Crippen molar-refractivity contribution >= 4 is 17.4 Å². The van der Waals surface area contributed by atoms with Gasteiger partial charge in [0.15, 0.2) is 0 Å². The minimum atomic E-state index is 0.739. The Morgan fingerprint density at radius 1 is 1.08 bits per heavy atom. The molecule has 7 heteroatoms. The SMILES string of the molecule is Cc1ccc2nc(-c3ccccc3)c(CSc3nnnn3C)n2c1. The zero-order chi connectivity index (χ0) is 16.5. The van der Waals surface area contributed by atoms with Crippen LogP contribution in [0.1, 0.15) is 11.3 Å². The summed E-state index contributed by atoms with van der Waals surface area (Å²) in [5, 5.41) is 12.4. The molecule has 0 aliphatic carbocycles. The summed E-state index contributed by atoms with van der Waals surface area (Å²) in [6, 6.07) is 14.4. The number of nitrogens with zero attached hydrogens (tertiary/aromatic N) is 6. The molecule has 0 fully saturated rings. The van der Waals surface area contributed by atoms with Crippen molar-refractivity contribution in [3.05, 3.63) is 59.9 Å². The van der Waals surface area contributed by atoms with Crippen molar-refractivity contribution in [3.63, 3.8) is 0 Å². The molecule has 3 heterocycles. The second-order valence-corrected chi connectivity index (χ2v) is 6.52. The molecule has 3 aromatic heterocycles. The van der Waals surface area contributed by atoms with E-state index in [4.69, 9.17) is 4.98 Å². The van der Waals surface area contributed by atoms with Crippen LogP contribution in [0.15, 0.2) is 53.8 Å². The van der Waals surface area contributed by atoms with Gasteiger partial charge in [0, 0.05) is 24.6 Å². The fraction of sp³-hybridized carbons (Fsp3) is 0.176. The molecule has 120 valence electrons. The molecule has 0 bridgehead atoms. The first-order valence-electron chi connectivity index (χ1n) is 7.60. The van der Waals surface area contributed by atoms with Crippen LogP contribution >= 0.6 is 11.8 Å². The molecule has 0 spiro atoms. The molecule has 0 saturated heterocycles. The zero-order valence-corrected chi connectivity index (χ0v) is 14.2. The number of hydrogen-bond acceptors (Lipinski definition) is 5. The van der Waals surface area contributed by atoms with Gasteiger partial charge >= 0.3 is 0 Å². The van der Waals surface area contributed by atoms with Crippen molar-refractivity contribution in [2.45, 2.75) is 17.8 Å². The number of rotatable bonds is 4. The molecule has 24 heavy (non-hydrogen) atoms. The highest BCUT2D eigenvalue weighted by Gasteiger charge is 2.15. The monoisotopic (exact) mass is 336 g/mol. The van der Waals surface area contributed by atoms with Crippen molar-refractivity contribution in [2.75, 3.05) is 0 Å². The Kier molecular flexibility index (Phi) is 3.78. The van der Waals surface area contributed by atoms with E-state index in [1.165, 1.54) is 5.56 Å². The normalized spacial score (nSPS) is 11.2. The van der Waals surface area contributed by atoms with Crippen LogP contribution in [0.25, 0.3) is 16.9 Å². The summed E-state index contributed by atoms with van der Waals surface area (Å²) in [4.78, 5) is 4.84. The van der Waals surface area contributed by atoms with Gasteiger partial charge in [-0.05, 0) is 29.0 Å². The van der Waals surface area contributed by atoms with Crippen LogP contribution in [-0.4, -0.2) is 29.6 Å². The number of aromatic nitrogens is 6. The molecule has 0 saturated carbocycles. The van der Waals surface area contributed by atoms with Gasteiger partial charge in [0.2, 0.25) is 5.16 Å². The number of thioether (sulfide) groups is 1. The van der Waals surface area contributed by atoms with E-state index in [9.17, 15) is 0 Å². The Morgan fingerprint density at radius 2 is 1.92 bits per heavy atom. The molecule has 4 rings (SSSR count). The lowest BCUT2D eigenvalue weighted by Crippen LogP contribution is -1.97. The number of benzene rings is 1. The molecule has 0 aliphatic rings. The van der Waals surface area contributed by atoms with Gasteiger partial charge in [0.25, 0.3) is 0 Å². The number of fused-ring (bicyclic) bond motifs is 1. The van der Waals surface area contributed by atoms with Gasteiger partial charge < -0.3 is 4.40 Å². The first-order chi connectivity index (χ1) is 11.7.